The second kappa shape index (κ2) is 11.3. The molecule has 0 aliphatic rings. The van der Waals surface area contributed by atoms with Crippen LogP contribution in [0.3, 0.4) is 0 Å². The minimum atomic E-state index is 1.27. The molecule has 0 N–H and O–H groups in total. The zero-order valence-corrected chi connectivity index (χ0v) is 25.0. The lowest BCUT2D eigenvalue weighted by atomic mass is 9.90. The maximum atomic E-state index is 2.31. The molecule has 0 saturated carbocycles. The average molecular weight is 553 g/mol. The Kier molecular flexibility index (Phi) is 7.38. The first-order valence-electron chi connectivity index (χ1n) is 13.7. The summed E-state index contributed by atoms with van der Waals surface area (Å²) in [5.74, 6) is 0. The van der Waals surface area contributed by atoms with Crippen molar-refractivity contribution < 1.29 is 0 Å². The Morgan fingerprint density at radius 3 is 0.900 bits per heavy atom. The number of thiophene rings is 2. The molecule has 0 bridgehead atoms. The first-order chi connectivity index (χ1) is 19.5. The molecule has 0 aliphatic carbocycles. The average Bonchev–Trinajstić information content (AvgIpc) is 3.55. The molecular weight excluding hydrogens is 521 g/mol. The summed E-state index contributed by atoms with van der Waals surface area (Å²) in [5.41, 5.74) is 13.1. The van der Waals surface area contributed by atoms with Gasteiger partial charge in [-0.2, -0.15) is 0 Å². The van der Waals surface area contributed by atoms with Crippen molar-refractivity contribution >= 4 is 33.8 Å². The van der Waals surface area contributed by atoms with Crippen LogP contribution in [0, 0.1) is 13.8 Å². The molecule has 2 heterocycles. The molecule has 196 valence electrons. The first-order valence-corrected chi connectivity index (χ1v) is 15.3. The smallest absolute Gasteiger partial charge is 0.0390 e. The predicted octanol–water partition coefficient (Wildman–Crippen LogP) is 12.0. The van der Waals surface area contributed by atoms with Crippen LogP contribution >= 0.6 is 22.7 Å². The summed E-state index contributed by atoms with van der Waals surface area (Å²) in [5, 5.41) is 0. The molecule has 0 nitrogen and oxygen atoms in total. The van der Waals surface area contributed by atoms with Gasteiger partial charge in [-0.25, -0.2) is 0 Å². The fourth-order valence-corrected chi connectivity index (χ4v) is 8.14. The van der Waals surface area contributed by atoms with E-state index in [-0.39, 0.29) is 0 Å². The Balaban J connectivity index is 1.62. The van der Waals surface area contributed by atoms with E-state index < -0.39 is 0 Å². The van der Waals surface area contributed by atoms with Gasteiger partial charge in [-0.05, 0) is 61.1 Å². The van der Waals surface area contributed by atoms with Crippen LogP contribution in [-0.2, 0) is 0 Å². The zero-order chi connectivity index (χ0) is 27.6. The molecule has 2 heteroatoms. The Bertz CT molecular complexity index is 1650. The molecule has 4 aromatic carbocycles. The van der Waals surface area contributed by atoms with Crippen LogP contribution in [0.25, 0.3) is 55.7 Å². The van der Waals surface area contributed by atoms with E-state index in [0.717, 1.165) is 0 Å². The zero-order valence-electron chi connectivity index (χ0n) is 23.4. The normalized spacial score (nSPS) is 11.9. The summed E-state index contributed by atoms with van der Waals surface area (Å²) < 4.78 is 0. The van der Waals surface area contributed by atoms with Crippen molar-refractivity contribution in [1.82, 2.24) is 0 Å². The summed E-state index contributed by atoms with van der Waals surface area (Å²) in [6.45, 7) is 9.16. The molecule has 40 heavy (non-hydrogen) atoms. The van der Waals surface area contributed by atoms with Gasteiger partial charge in [0.25, 0.3) is 0 Å². The van der Waals surface area contributed by atoms with Crippen LogP contribution in [-0.4, -0.2) is 0 Å². The highest BCUT2D eigenvalue weighted by Gasteiger charge is 2.24. The molecule has 0 unspecified atom stereocenters. The van der Waals surface area contributed by atoms with Crippen molar-refractivity contribution in [3.63, 3.8) is 0 Å². The van der Waals surface area contributed by atoms with Crippen molar-refractivity contribution in [2.75, 3.05) is 0 Å². The molecule has 0 saturated heterocycles. The molecular formula is C38H32S2. The predicted molar refractivity (Wildman–Crippen MR) is 178 cm³/mol. The molecule has 0 amide bonds. The van der Waals surface area contributed by atoms with Crippen LogP contribution in [0.2, 0.25) is 0 Å². The number of hydrogen-bond donors (Lipinski definition) is 0. The van der Waals surface area contributed by atoms with Gasteiger partial charge in [0.15, 0.2) is 0 Å². The van der Waals surface area contributed by atoms with E-state index in [1.165, 1.54) is 75.2 Å². The maximum Gasteiger partial charge on any atom is 0.0390 e. The number of hydrogen-bond acceptors (Lipinski definition) is 2. The lowest BCUT2D eigenvalue weighted by Gasteiger charge is -2.14. The van der Waals surface area contributed by atoms with Gasteiger partial charge in [-0.15, -0.1) is 22.7 Å². The van der Waals surface area contributed by atoms with E-state index in [4.69, 9.17) is 0 Å². The van der Waals surface area contributed by atoms with Crippen molar-refractivity contribution in [2.24, 2.45) is 0 Å². The molecule has 2 aromatic heterocycles. The lowest BCUT2D eigenvalue weighted by molar-refractivity contribution is 1.55. The van der Waals surface area contributed by atoms with Crippen LogP contribution in [0.4, 0.5) is 0 Å². The quantitative estimate of drug-likeness (QED) is 0.193. The number of allylic oxidation sites excluding steroid dienone is 2. The summed E-state index contributed by atoms with van der Waals surface area (Å²) >= 11 is 3.84. The Morgan fingerprint density at radius 1 is 0.375 bits per heavy atom. The first kappa shape index (κ1) is 26.3. The highest BCUT2D eigenvalue weighted by molar-refractivity contribution is 7.15. The summed E-state index contributed by atoms with van der Waals surface area (Å²) in [6, 6.07) is 43.5. The van der Waals surface area contributed by atoms with E-state index in [9.17, 15) is 0 Å². The van der Waals surface area contributed by atoms with Crippen molar-refractivity contribution in [3.05, 3.63) is 141 Å². The maximum absolute atomic E-state index is 2.31. The second-order valence-electron chi connectivity index (χ2n) is 10.2. The van der Waals surface area contributed by atoms with Gasteiger partial charge >= 0.3 is 0 Å². The Labute approximate surface area is 245 Å². The monoisotopic (exact) mass is 552 g/mol. The Morgan fingerprint density at radius 2 is 0.625 bits per heavy atom. The fraction of sp³-hybridized carbons (Fsp3) is 0.105. The van der Waals surface area contributed by atoms with Crippen LogP contribution in [0.5, 0.6) is 0 Å². The number of aryl methyl sites for hydroxylation is 2. The molecule has 6 aromatic rings. The van der Waals surface area contributed by atoms with E-state index in [1.54, 1.807) is 0 Å². The van der Waals surface area contributed by atoms with E-state index in [2.05, 4.69) is 149 Å². The lowest BCUT2D eigenvalue weighted by Crippen LogP contribution is -1.90. The third kappa shape index (κ3) is 4.79. The summed E-state index contributed by atoms with van der Waals surface area (Å²) in [4.78, 5) is 5.41. The largest absolute Gasteiger partial charge is 0.140 e. The minimum absolute atomic E-state index is 1.27. The van der Waals surface area contributed by atoms with Gasteiger partial charge in [0.2, 0.25) is 0 Å². The topological polar surface area (TPSA) is 0 Å². The highest BCUT2D eigenvalue weighted by Crippen LogP contribution is 2.50. The van der Waals surface area contributed by atoms with Gasteiger partial charge in [0.1, 0.15) is 0 Å². The fourth-order valence-electron chi connectivity index (χ4n) is 5.62. The van der Waals surface area contributed by atoms with Gasteiger partial charge in [-0.1, -0.05) is 121 Å². The SMILES string of the molecule is C/C(=C(/C)c1sc(C)c(-c2ccccc2)c1-c1ccccc1)c1sc(C)c(-c2ccccc2)c1-c1ccccc1. The van der Waals surface area contributed by atoms with E-state index in [0.29, 0.717) is 0 Å². The third-order valence-corrected chi connectivity index (χ3v) is 10.1. The van der Waals surface area contributed by atoms with Crippen molar-refractivity contribution in [2.45, 2.75) is 27.7 Å². The van der Waals surface area contributed by atoms with Crippen molar-refractivity contribution in [3.8, 4) is 44.5 Å². The molecule has 0 fully saturated rings. The van der Waals surface area contributed by atoms with Crippen molar-refractivity contribution in [1.29, 1.82) is 0 Å². The van der Waals surface area contributed by atoms with Gasteiger partial charge in [-0.3, -0.25) is 0 Å². The second-order valence-corrected chi connectivity index (χ2v) is 12.6. The van der Waals surface area contributed by atoms with Gasteiger partial charge < -0.3 is 0 Å². The van der Waals surface area contributed by atoms with Crippen LogP contribution in [0.1, 0.15) is 33.4 Å². The van der Waals surface area contributed by atoms with Crippen LogP contribution in [0.15, 0.2) is 121 Å². The number of benzene rings is 4. The van der Waals surface area contributed by atoms with Crippen LogP contribution < -0.4 is 0 Å². The molecule has 0 aliphatic heterocycles. The molecule has 0 spiro atoms. The van der Waals surface area contributed by atoms with Gasteiger partial charge in [0, 0.05) is 41.8 Å². The molecule has 6 rings (SSSR count). The van der Waals surface area contributed by atoms with E-state index >= 15 is 0 Å². The third-order valence-electron chi connectivity index (χ3n) is 7.66. The van der Waals surface area contributed by atoms with Gasteiger partial charge in [0.05, 0.1) is 0 Å². The highest BCUT2D eigenvalue weighted by atomic mass is 32.1. The molecule has 0 radical (unpaired) electrons. The standard InChI is InChI=1S/C38H32S2/c1-25(37-35(31-21-13-7-14-22-31)33(27(3)39-37)29-17-9-5-10-18-29)26(2)38-36(32-23-15-8-16-24-32)34(28(4)40-38)30-19-11-6-12-20-30/h5-24H,1-4H3/b26-25+. The minimum Gasteiger partial charge on any atom is -0.140 e. The number of rotatable bonds is 6. The van der Waals surface area contributed by atoms with E-state index in [1.807, 2.05) is 22.7 Å². The summed E-state index contributed by atoms with van der Waals surface area (Å²) in [7, 11) is 0. The Hall–Kier alpha value is -3.98. The summed E-state index contributed by atoms with van der Waals surface area (Å²) in [6.07, 6.45) is 0. The molecule has 0 atom stereocenters.